The Kier molecular flexibility index (Phi) is 19.4. The highest BCUT2D eigenvalue weighted by Crippen LogP contribution is 2.23. The number of rotatable bonds is 14. The molecule has 0 aromatic heterocycles. The third kappa shape index (κ3) is 17.7. The summed E-state index contributed by atoms with van der Waals surface area (Å²) in [6, 6.07) is 0. The molecule has 0 amide bonds. The van der Waals surface area contributed by atoms with Crippen LogP contribution in [0.25, 0.3) is 0 Å². The standard InChI is InChI=1S/C8H19O4PS4/c9-1-5-14-16-7-3-11-13-12-4-8-17-15-6-2-10/h9-10,13H,1-8H2. The first-order chi connectivity index (χ1) is 8.41. The molecular formula is C8H19O4PS4. The highest BCUT2D eigenvalue weighted by Gasteiger charge is 1.93. The zero-order valence-electron chi connectivity index (χ0n) is 9.50. The molecule has 0 aliphatic carbocycles. The number of hydrogen-bond donors (Lipinski definition) is 2. The molecule has 0 aromatic rings. The Morgan fingerprint density at radius 1 is 0.706 bits per heavy atom. The summed E-state index contributed by atoms with van der Waals surface area (Å²) < 4.78 is 10.6. The minimum Gasteiger partial charge on any atom is -0.395 e. The van der Waals surface area contributed by atoms with E-state index in [4.69, 9.17) is 19.3 Å². The van der Waals surface area contributed by atoms with Crippen LogP contribution in [0, 0.1) is 0 Å². The zero-order chi connectivity index (χ0) is 12.6. The topological polar surface area (TPSA) is 58.9 Å². The quantitative estimate of drug-likeness (QED) is 0.284. The fraction of sp³-hybridized carbons (Fsp3) is 1.00. The van der Waals surface area contributed by atoms with Crippen molar-refractivity contribution in [3.05, 3.63) is 0 Å². The predicted molar refractivity (Wildman–Crippen MR) is 84.2 cm³/mol. The Labute approximate surface area is 120 Å². The molecule has 0 bridgehead atoms. The van der Waals surface area contributed by atoms with Crippen molar-refractivity contribution >= 4 is 52.2 Å². The van der Waals surface area contributed by atoms with Crippen LogP contribution in [0.3, 0.4) is 0 Å². The number of aliphatic hydroxyl groups excluding tert-OH is 2. The van der Waals surface area contributed by atoms with Crippen LogP contribution in [0.15, 0.2) is 0 Å². The van der Waals surface area contributed by atoms with Gasteiger partial charge in [-0.3, -0.25) is 0 Å². The van der Waals surface area contributed by atoms with E-state index in [2.05, 4.69) is 0 Å². The molecule has 0 saturated carbocycles. The van der Waals surface area contributed by atoms with E-state index < -0.39 is 0 Å². The normalized spacial score (nSPS) is 10.9. The summed E-state index contributed by atoms with van der Waals surface area (Å²) in [5.41, 5.74) is 0. The summed E-state index contributed by atoms with van der Waals surface area (Å²) in [7, 11) is 6.83. The second-order valence-electron chi connectivity index (χ2n) is 2.52. The highest BCUT2D eigenvalue weighted by atomic mass is 33.1. The maximum absolute atomic E-state index is 8.54. The smallest absolute Gasteiger partial charge is 0.155 e. The summed E-state index contributed by atoms with van der Waals surface area (Å²) in [5.74, 6) is 3.38. The Morgan fingerprint density at radius 3 is 1.53 bits per heavy atom. The van der Waals surface area contributed by atoms with Gasteiger partial charge in [-0.2, -0.15) is 0 Å². The van der Waals surface area contributed by atoms with Gasteiger partial charge in [0.1, 0.15) is 0 Å². The van der Waals surface area contributed by atoms with Crippen molar-refractivity contribution < 1.29 is 19.3 Å². The molecule has 0 atom stereocenters. The molecule has 0 rings (SSSR count). The number of hydrogen-bond acceptors (Lipinski definition) is 8. The van der Waals surface area contributed by atoms with Crippen molar-refractivity contribution in [3.8, 4) is 0 Å². The molecule has 0 aliphatic heterocycles. The average molecular weight is 338 g/mol. The molecule has 0 radical (unpaired) electrons. The minimum absolute atomic E-state index is 0.113. The lowest BCUT2D eigenvalue weighted by Crippen LogP contribution is -1.93. The zero-order valence-corrected chi connectivity index (χ0v) is 13.8. The molecule has 0 saturated heterocycles. The number of aliphatic hydroxyl groups is 2. The van der Waals surface area contributed by atoms with Crippen LogP contribution in [-0.2, 0) is 9.05 Å². The van der Waals surface area contributed by atoms with Gasteiger partial charge >= 0.3 is 0 Å². The Hall–Kier alpha value is 1.67. The molecule has 4 nitrogen and oxygen atoms in total. The molecule has 17 heavy (non-hydrogen) atoms. The molecule has 104 valence electrons. The third-order valence-electron chi connectivity index (χ3n) is 1.17. The van der Waals surface area contributed by atoms with Crippen LogP contribution in [0.1, 0.15) is 0 Å². The van der Waals surface area contributed by atoms with Crippen LogP contribution >= 0.6 is 52.2 Å². The van der Waals surface area contributed by atoms with Crippen LogP contribution in [0.2, 0.25) is 0 Å². The van der Waals surface area contributed by atoms with Crippen molar-refractivity contribution in [2.75, 3.05) is 49.4 Å². The molecule has 0 spiro atoms. The molecule has 0 aliphatic rings. The van der Waals surface area contributed by atoms with E-state index in [0.29, 0.717) is 13.2 Å². The van der Waals surface area contributed by atoms with Gasteiger partial charge in [-0.05, 0) is 0 Å². The van der Waals surface area contributed by atoms with Crippen molar-refractivity contribution in [2.45, 2.75) is 0 Å². The van der Waals surface area contributed by atoms with E-state index in [1.165, 1.54) is 0 Å². The van der Waals surface area contributed by atoms with E-state index in [0.717, 1.165) is 23.0 Å². The van der Waals surface area contributed by atoms with Gasteiger partial charge in [0.2, 0.25) is 0 Å². The molecular weight excluding hydrogens is 319 g/mol. The third-order valence-corrected chi connectivity index (χ3v) is 6.51. The Morgan fingerprint density at radius 2 is 1.12 bits per heavy atom. The first-order valence-electron chi connectivity index (χ1n) is 5.11. The SMILES string of the molecule is OCCSSCCOPOCCSSCCO. The van der Waals surface area contributed by atoms with Crippen molar-refractivity contribution in [3.63, 3.8) is 0 Å². The molecule has 2 N–H and O–H groups in total. The van der Waals surface area contributed by atoms with Gasteiger partial charge in [0.05, 0.1) is 26.4 Å². The molecule has 9 heteroatoms. The van der Waals surface area contributed by atoms with Crippen LogP contribution in [0.4, 0.5) is 0 Å². The van der Waals surface area contributed by atoms with E-state index in [-0.39, 0.29) is 22.2 Å². The first-order valence-corrected chi connectivity index (χ1v) is 10.9. The molecule has 0 heterocycles. The van der Waals surface area contributed by atoms with E-state index in [9.17, 15) is 0 Å². The Balaban J connectivity index is 2.85. The van der Waals surface area contributed by atoms with E-state index in [1.54, 1.807) is 43.2 Å². The summed E-state index contributed by atoms with van der Waals surface area (Å²) >= 11 is 0. The predicted octanol–water partition coefficient (Wildman–Crippen LogP) is 2.28. The lowest BCUT2D eigenvalue weighted by Gasteiger charge is -2.04. The van der Waals surface area contributed by atoms with Gasteiger partial charge in [-0.1, -0.05) is 43.2 Å². The van der Waals surface area contributed by atoms with Crippen molar-refractivity contribution in [2.24, 2.45) is 0 Å². The summed E-state index contributed by atoms with van der Waals surface area (Å²) in [4.78, 5) is 0. The van der Waals surface area contributed by atoms with Gasteiger partial charge in [0.15, 0.2) is 9.03 Å². The van der Waals surface area contributed by atoms with Crippen molar-refractivity contribution in [1.82, 2.24) is 0 Å². The second-order valence-corrected chi connectivity index (χ2v) is 8.66. The highest BCUT2D eigenvalue weighted by molar-refractivity contribution is 8.77. The lowest BCUT2D eigenvalue weighted by molar-refractivity contribution is 0.292. The van der Waals surface area contributed by atoms with Gasteiger partial charge < -0.3 is 19.3 Å². The summed E-state index contributed by atoms with van der Waals surface area (Å²) in [6.07, 6.45) is 0. The van der Waals surface area contributed by atoms with Gasteiger partial charge in [-0.15, -0.1) is 0 Å². The fourth-order valence-electron chi connectivity index (χ4n) is 0.587. The maximum Gasteiger partial charge on any atom is 0.155 e. The average Bonchev–Trinajstić information content (AvgIpc) is 2.35. The molecule has 0 fully saturated rings. The van der Waals surface area contributed by atoms with Crippen LogP contribution in [0.5, 0.6) is 0 Å². The van der Waals surface area contributed by atoms with Gasteiger partial charge in [0, 0.05) is 23.0 Å². The largest absolute Gasteiger partial charge is 0.395 e. The monoisotopic (exact) mass is 338 g/mol. The fourth-order valence-corrected chi connectivity index (χ4v) is 4.53. The van der Waals surface area contributed by atoms with Crippen molar-refractivity contribution in [1.29, 1.82) is 0 Å². The maximum atomic E-state index is 8.54. The lowest BCUT2D eigenvalue weighted by atomic mass is 10.9. The van der Waals surface area contributed by atoms with Gasteiger partial charge in [0.25, 0.3) is 0 Å². The van der Waals surface area contributed by atoms with Gasteiger partial charge in [-0.25, -0.2) is 0 Å². The molecule has 0 unspecified atom stereocenters. The first kappa shape index (κ1) is 18.7. The van der Waals surface area contributed by atoms with E-state index in [1.807, 2.05) is 0 Å². The minimum atomic E-state index is 0.113. The summed E-state index contributed by atoms with van der Waals surface area (Å²) in [6.45, 7) is 1.84. The molecule has 0 aromatic carbocycles. The van der Waals surface area contributed by atoms with E-state index >= 15 is 0 Å². The Bertz CT molecular complexity index is 133. The van der Waals surface area contributed by atoms with Crippen LogP contribution < -0.4 is 0 Å². The van der Waals surface area contributed by atoms with Crippen LogP contribution in [-0.4, -0.2) is 59.7 Å². The summed E-state index contributed by atoms with van der Waals surface area (Å²) in [5, 5.41) is 17.1. The second kappa shape index (κ2) is 17.7.